The topological polar surface area (TPSA) is 46.3 Å². The molecule has 16 heavy (non-hydrogen) atoms. The van der Waals surface area contributed by atoms with Crippen molar-refractivity contribution in [3.05, 3.63) is 0 Å². The van der Waals surface area contributed by atoms with Crippen molar-refractivity contribution in [2.24, 2.45) is 11.7 Å². The maximum absolute atomic E-state index is 12.3. The molecule has 0 aromatic rings. The van der Waals surface area contributed by atoms with E-state index < -0.39 is 13.0 Å². The molecule has 1 aliphatic carbocycles. The van der Waals surface area contributed by atoms with Crippen LogP contribution in [-0.4, -0.2) is 36.4 Å². The summed E-state index contributed by atoms with van der Waals surface area (Å²) in [5, 5.41) is 0. The number of hydrogen-bond acceptors (Lipinski definition) is 2. The Labute approximate surface area is 95.0 Å². The van der Waals surface area contributed by atoms with Crippen molar-refractivity contribution in [1.82, 2.24) is 4.90 Å². The quantitative estimate of drug-likeness (QED) is 0.785. The molecule has 0 radical (unpaired) electrons. The summed E-state index contributed by atoms with van der Waals surface area (Å²) >= 11 is 0. The van der Waals surface area contributed by atoms with Gasteiger partial charge in [-0.25, -0.2) is 8.78 Å². The summed E-state index contributed by atoms with van der Waals surface area (Å²) in [6.07, 6.45) is 0.458. The average molecular weight is 234 g/mol. The zero-order chi connectivity index (χ0) is 12.1. The molecule has 0 aromatic heterocycles. The van der Waals surface area contributed by atoms with Crippen LogP contribution in [0.3, 0.4) is 0 Å². The molecule has 2 unspecified atom stereocenters. The van der Waals surface area contributed by atoms with E-state index in [1.165, 1.54) is 4.90 Å². The Morgan fingerprint density at radius 2 is 2.19 bits per heavy atom. The highest BCUT2D eigenvalue weighted by Crippen LogP contribution is 2.26. The number of carbonyl (C=O) groups excluding carboxylic acids is 1. The first-order valence-corrected chi connectivity index (χ1v) is 5.87. The minimum absolute atomic E-state index is 0.0592. The van der Waals surface area contributed by atoms with Crippen molar-refractivity contribution in [1.29, 1.82) is 0 Å². The molecular weight excluding hydrogens is 214 g/mol. The van der Waals surface area contributed by atoms with Crippen LogP contribution in [0, 0.1) is 5.92 Å². The van der Waals surface area contributed by atoms with Gasteiger partial charge in [-0.3, -0.25) is 4.79 Å². The molecule has 1 amide bonds. The maximum atomic E-state index is 12.3. The van der Waals surface area contributed by atoms with E-state index in [2.05, 4.69) is 0 Å². The van der Waals surface area contributed by atoms with E-state index >= 15 is 0 Å². The molecule has 0 spiro atoms. The van der Waals surface area contributed by atoms with Crippen LogP contribution in [0.4, 0.5) is 8.78 Å². The van der Waals surface area contributed by atoms with Crippen molar-refractivity contribution >= 4 is 5.91 Å². The van der Waals surface area contributed by atoms with Gasteiger partial charge >= 0.3 is 0 Å². The molecule has 1 rings (SSSR count). The molecule has 5 heteroatoms. The number of amides is 1. The molecule has 2 atom stereocenters. The lowest BCUT2D eigenvalue weighted by Gasteiger charge is -2.24. The van der Waals surface area contributed by atoms with Crippen LogP contribution in [0.15, 0.2) is 0 Å². The molecular formula is C11H20F2N2O. The highest BCUT2D eigenvalue weighted by Gasteiger charge is 2.31. The van der Waals surface area contributed by atoms with Gasteiger partial charge in [-0.2, -0.15) is 0 Å². The third kappa shape index (κ3) is 3.70. The highest BCUT2D eigenvalue weighted by atomic mass is 19.3. The van der Waals surface area contributed by atoms with Crippen LogP contribution in [0.2, 0.25) is 0 Å². The van der Waals surface area contributed by atoms with E-state index in [0.29, 0.717) is 19.4 Å². The summed E-state index contributed by atoms with van der Waals surface area (Å²) in [5.41, 5.74) is 5.72. The summed E-state index contributed by atoms with van der Waals surface area (Å²) in [4.78, 5) is 13.2. The first kappa shape index (κ1) is 13.4. The van der Waals surface area contributed by atoms with Crippen LogP contribution in [-0.2, 0) is 4.79 Å². The number of nitrogens with two attached hydrogens (primary N) is 1. The van der Waals surface area contributed by atoms with Crippen LogP contribution < -0.4 is 5.73 Å². The summed E-state index contributed by atoms with van der Waals surface area (Å²) < 4.78 is 24.6. The van der Waals surface area contributed by atoms with Gasteiger partial charge in [-0.1, -0.05) is 6.92 Å². The van der Waals surface area contributed by atoms with Crippen molar-refractivity contribution in [2.75, 3.05) is 13.1 Å². The summed E-state index contributed by atoms with van der Waals surface area (Å²) in [7, 11) is 0. The minimum Gasteiger partial charge on any atom is -0.337 e. The predicted molar refractivity (Wildman–Crippen MR) is 58.2 cm³/mol. The fourth-order valence-corrected chi connectivity index (χ4v) is 2.23. The Hall–Kier alpha value is -0.710. The lowest BCUT2D eigenvalue weighted by atomic mass is 10.1. The van der Waals surface area contributed by atoms with E-state index in [9.17, 15) is 13.6 Å². The van der Waals surface area contributed by atoms with E-state index in [1.54, 1.807) is 0 Å². The molecule has 2 N–H and O–H groups in total. The molecule has 94 valence electrons. The second kappa shape index (κ2) is 6.13. The molecule has 0 aromatic carbocycles. The monoisotopic (exact) mass is 234 g/mol. The van der Waals surface area contributed by atoms with E-state index in [-0.39, 0.29) is 17.9 Å². The van der Waals surface area contributed by atoms with Crippen LogP contribution in [0.5, 0.6) is 0 Å². The Morgan fingerprint density at radius 1 is 1.50 bits per heavy atom. The van der Waals surface area contributed by atoms with Crippen LogP contribution >= 0.6 is 0 Å². The second-order valence-electron chi connectivity index (χ2n) is 4.45. The Morgan fingerprint density at radius 3 is 2.62 bits per heavy atom. The van der Waals surface area contributed by atoms with E-state index in [0.717, 1.165) is 12.8 Å². The van der Waals surface area contributed by atoms with E-state index in [1.807, 2.05) is 6.92 Å². The van der Waals surface area contributed by atoms with Crippen molar-refractivity contribution in [2.45, 2.75) is 45.1 Å². The third-order valence-electron chi connectivity index (χ3n) is 2.99. The third-order valence-corrected chi connectivity index (χ3v) is 2.99. The average Bonchev–Trinajstić information content (AvgIpc) is 2.62. The lowest BCUT2D eigenvalue weighted by Crippen LogP contribution is -2.39. The molecule has 0 saturated heterocycles. The number of carbonyl (C=O) groups is 1. The Kier molecular flexibility index (Phi) is 5.12. The van der Waals surface area contributed by atoms with Gasteiger partial charge in [-0.05, 0) is 25.7 Å². The number of alkyl halides is 2. The predicted octanol–water partition coefficient (Wildman–Crippen LogP) is 1.62. The first-order valence-electron chi connectivity index (χ1n) is 5.87. The Balaban J connectivity index is 2.52. The Bertz CT molecular complexity index is 236. The van der Waals surface area contributed by atoms with Crippen LogP contribution in [0.25, 0.3) is 0 Å². The maximum Gasteiger partial charge on any atom is 0.255 e. The molecule has 0 aliphatic heterocycles. The van der Waals surface area contributed by atoms with Gasteiger partial charge in [0.2, 0.25) is 5.91 Å². The number of halogens is 2. The van der Waals surface area contributed by atoms with Gasteiger partial charge in [0.1, 0.15) is 0 Å². The number of nitrogens with zero attached hydrogens (tertiary/aromatic N) is 1. The summed E-state index contributed by atoms with van der Waals surface area (Å²) in [6.45, 7) is 1.85. The zero-order valence-corrected chi connectivity index (χ0v) is 9.66. The van der Waals surface area contributed by atoms with Gasteiger partial charge in [-0.15, -0.1) is 0 Å². The molecule has 3 nitrogen and oxygen atoms in total. The van der Waals surface area contributed by atoms with Crippen molar-refractivity contribution < 1.29 is 13.6 Å². The fraction of sp³-hybridized carbons (Fsp3) is 0.909. The first-order chi connectivity index (χ1) is 7.54. The highest BCUT2D eigenvalue weighted by molar-refractivity contribution is 5.79. The minimum atomic E-state index is -2.45. The smallest absolute Gasteiger partial charge is 0.255 e. The molecule has 1 saturated carbocycles. The lowest BCUT2D eigenvalue weighted by molar-refractivity contribution is -0.137. The summed E-state index contributed by atoms with van der Waals surface area (Å²) in [5.74, 6) is -0.282. The standard InChI is InChI=1S/C11H20F2N2O/c1-2-5-15(7-10(12)13)11(16)8-3-4-9(14)6-8/h8-10H,2-7,14H2,1H3. The van der Waals surface area contributed by atoms with E-state index in [4.69, 9.17) is 5.73 Å². The van der Waals surface area contributed by atoms with Crippen LogP contribution in [0.1, 0.15) is 32.6 Å². The van der Waals surface area contributed by atoms with Gasteiger partial charge < -0.3 is 10.6 Å². The van der Waals surface area contributed by atoms with Gasteiger partial charge in [0.25, 0.3) is 6.43 Å². The number of hydrogen-bond donors (Lipinski definition) is 1. The fourth-order valence-electron chi connectivity index (χ4n) is 2.23. The summed E-state index contributed by atoms with van der Waals surface area (Å²) in [6, 6.07) is 0.0592. The zero-order valence-electron chi connectivity index (χ0n) is 9.66. The van der Waals surface area contributed by atoms with Gasteiger partial charge in [0, 0.05) is 18.5 Å². The number of rotatable bonds is 5. The molecule has 1 fully saturated rings. The normalized spacial score (nSPS) is 25.1. The largest absolute Gasteiger partial charge is 0.337 e. The second-order valence-corrected chi connectivity index (χ2v) is 4.45. The van der Waals surface area contributed by atoms with Gasteiger partial charge in [0.15, 0.2) is 0 Å². The molecule has 0 bridgehead atoms. The molecule has 1 aliphatic rings. The van der Waals surface area contributed by atoms with Crippen molar-refractivity contribution in [3.8, 4) is 0 Å². The van der Waals surface area contributed by atoms with Gasteiger partial charge in [0.05, 0.1) is 6.54 Å². The SMILES string of the molecule is CCCN(CC(F)F)C(=O)C1CCC(N)C1. The molecule has 0 heterocycles. The van der Waals surface area contributed by atoms with Crippen molar-refractivity contribution in [3.63, 3.8) is 0 Å².